The zero-order valence-electron chi connectivity index (χ0n) is 11.2. The minimum absolute atomic E-state index is 0.166. The summed E-state index contributed by atoms with van der Waals surface area (Å²) in [6.07, 6.45) is 0.859. The van der Waals surface area contributed by atoms with E-state index < -0.39 is 10.0 Å². The van der Waals surface area contributed by atoms with Crippen LogP contribution in [0.2, 0.25) is 0 Å². The molecule has 1 aromatic carbocycles. The van der Waals surface area contributed by atoms with Crippen LogP contribution in [0.25, 0.3) is 0 Å². The minimum atomic E-state index is -3.58. The average molecular weight is 311 g/mol. The standard InChI is InChI=1S/C14H17NO3S2/c1-2-11-5-3-4-6-12(11)9-15-20(17,18)14-7-8-19-13(14)10-16/h3-8,15-16H,2,9-10H2,1H3. The fourth-order valence-corrected chi connectivity index (χ4v) is 4.31. The molecule has 2 aromatic rings. The predicted molar refractivity (Wildman–Crippen MR) is 80.1 cm³/mol. The van der Waals surface area contributed by atoms with E-state index in [1.807, 2.05) is 31.2 Å². The van der Waals surface area contributed by atoms with Gasteiger partial charge in [0.15, 0.2) is 0 Å². The first kappa shape index (κ1) is 15.2. The Morgan fingerprint density at radius 3 is 2.55 bits per heavy atom. The second-order valence-corrected chi connectivity index (χ2v) is 7.05. The zero-order valence-corrected chi connectivity index (χ0v) is 12.8. The van der Waals surface area contributed by atoms with E-state index in [9.17, 15) is 8.42 Å². The molecular weight excluding hydrogens is 294 g/mol. The third-order valence-electron chi connectivity index (χ3n) is 3.09. The highest BCUT2D eigenvalue weighted by Crippen LogP contribution is 2.22. The Labute approximate surface area is 123 Å². The van der Waals surface area contributed by atoms with Gasteiger partial charge in [-0.2, -0.15) is 0 Å². The molecule has 0 spiro atoms. The lowest BCUT2D eigenvalue weighted by Gasteiger charge is -2.10. The van der Waals surface area contributed by atoms with E-state index in [-0.39, 0.29) is 18.0 Å². The summed E-state index contributed by atoms with van der Waals surface area (Å²) in [7, 11) is -3.58. The number of hydrogen-bond donors (Lipinski definition) is 2. The van der Waals surface area contributed by atoms with Gasteiger partial charge in [-0.3, -0.25) is 0 Å². The summed E-state index contributed by atoms with van der Waals surface area (Å²) in [4.78, 5) is 0.625. The second-order valence-electron chi connectivity index (χ2n) is 4.31. The van der Waals surface area contributed by atoms with Crippen LogP contribution in [0.3, 0.4) is 0 Å². The highest BCUT2D eigenvalue weighted by molar-refractivity contribution is 7.89. The predicted octanol–water partition coefficient (Wildman–Crippen LogP) is 2.28. The van der Waals surface area contributed by atoms with Crippen molar-refractivity contribution in [3.63, 3.8) is 0 Å². The van der Waals surface area contributed by atoms with Crippen LogP contribution in [0.4, 0.5) is 0 Å². The zero-order chi connectivity index (χ0) is 14.6. The highest BCUT2D eigenvalue weighted by Gasteiger charge is 2.19. The van der Waals surface area contributed by atoms with E-state index >= 15 is 0 Å². The molecule has 6 heteroatoms. The number of aliphatic hydroxyl groups is 1. The van der Waals surface area contributed by atoms with E-state index in [0.29, 0.717) is 4.88 Å². The number of thiophene rings is 1. The van der Waals surface area contributed by atoms with Crippen molar-refractivity contribution in [2.75, 3.05) is 0 Å². The van der Waals surface area contributed by atoms with Crippen molar-refractivity contribution in [2.45, 2.75) is 31.4 Å². The third kappa shape index (κ3) is 3.27. The average Bonchev–Trinajstić information content (AvgIpc) is 2.95. The maximum atomic E-state index is 12.2. The van der Waals surface area contributed by atoms with Crippen LogP contribution in [0, 0.1) is 0 Å². The minimum Gasteiger partial charge on any atom is -0.391 e. The molecule has 0 radical (unpaired) electrons. The summed E-state index contributed by atoms with van der Waals surface area (Å²) in [5.74, 6) is 0. The van der Waals surface area contributed by atoms with Crippen LogP contribution < -0.4 is 4.72 Å². The molecule has 2 rings (SSSR count). The SMILES string of the molecule is CCc1ccccc1CNS(=O)(=O)c1ccsc1CO. The Hall–Kier alpha value is -1.21. The van der Waals surface area contributed by atoms with Crippen LogP contribution in [-0.4, -0.2) is 13.5 Å². The maximum absolute atomic E-state index is 12.2. The van der Waals surface area contributed by atoms with Gasteiger partial charge in [0.05, 0.1) is 11.5 Å². The molecule has 1 aromatic heterocycles. The molecule has 0 saturated heterocycles. The molecule has 20 heavy (non-hydrogen) atoms. The Kier molecular flexibility index (Phi) is 4.93. The quantitative estimate of drug-likeness (QED) is 0.860. The largest absolute Gasteiger partial charge is 0.391 e. The smallest absolute Gasteiger partial charge is 0.242 e. The fourth-order valence-electron chi connectivity index (χ4n) is 2.01. The molecule has 0 aliphatic rings. The van der Waals surface area contributed by atoms with Crippen molar-refractivity contribution >= 4 is 21.4 Å². The van der Waals surface area contributed by atoms with Gasteiger partial charge in [-0.1, -0.05) is 31.2 Å². The topological polar surface area (TPSA) is 66.4 Å². The molecule has 0 saturated carbocycles. The van der Waals surface area contributed by atoms with Gasteiger partial charge in [0.1, 0.15) is 0 Å². The lowest BCUT2D eigenvalue weighted by Crippen LogP contribution is -2.24. The first-order chi connectivity index (χ1) is 9.58. The van der Waals surface area contributed by atoms with Crippen LogP contribution in [0.5, 0.6) is 0 Å². The number of rotatable bonds is 6. The molecule has 0 amide bonds. The Morgan fingerprint density at radius 1 is 1.20 bits per heavy atom. The summed E-state index contributed by atoms with van der Waals surface area (Å²) in [5, 5.41) is 10.8. The summed E-state index contributed by atoms with van der Waals surface area (Å²) < 4.78 is 27.1. The van der Waals surface area contributed by atoms with Crippen LogP contribution in [0.15, 0.2) is 40.6 Å². The van der Waals surface area contributed by atoms with Gasteiger partial charge in [-0.25, -0.2) is 13.1 Å². The molecule has 1 heterocycles. The van der Waals surface area contributed by atoms with E-state index in [1.165, 1.54) is 17.4 Å². The molecule has 4 nitrogen and oxygen atoms in total. The van der Waals surface area contributed by atoms with Crippen LogP contribution >= 0.6 is 11.3 Å². The van der Waals surface area contributed by atoms with Gasteiger partial charge in [0.2, 0.25) is 10.0 Å². The number of hydrogen-bond acceptors (Lipinski definition) is 4. The summed E-state index contributed by atoms with van der Waals surface area (Å²) in [5.41, 5.74) is 2.10. The summed E-state index contributed by atoms with van der Waals surface area (Å²) >= 11 is 1.24. The molecule has 0 bridgehead atoms. The van der Waals surface area contributed by atoms with Crippen molar-refractivity contribution in [2.24, 2.45) is 0 Å². The van der Waals surface area contributed by atoms with Gasteiger partial charge < -0.3 is 5.11 Å². The number of aryl methyl sites for hydroxylation is 1. The van der Waals surface area contributed by atoms with Crippen molar-refractivity contribution in [3.05, 3.63) is 51.7 Å². The van der Waals surface area contributed by atoms with Crippen molar-refractivity contribution < 1.29 is 13.5 Å². The van der Waals surface area contributed by atoms with Crippen molar-refractivity contribution in [1.29, 1.82) is 0 Å². The Bertz CT molecular complexity index is 677. The van der Waals surface area contributed by atoms with Crippen LogP contribution in [0.1, 0.15) is 22.9 Å². The molecule has 0 aliphatic carbocycles. The second kappa shape index (κ2) is 6.49. The van der Waals surface area contributed by atoms with Gasteiger partial charge in [-0.05, 0) is 29.0 Å². The first-order valence-corrected chi connectivity index (χ1v) is 8.68. The van der Waals surface area contributed by atoms with E-state index in [1.54, 1.807) is 5.38 Å². The van der Waals surface area contributed by atoms with E-state index in [0.717, 1.165) is 17.5 Å². The molecule has 108 valence electrons. The van der Waals surface area contributed by atoms with E-state index in [4.69, 9.17) is 5.11 Å². The summed E-state index contributed by atoms with van der Waals surface area (Å²) in [6.45, 7) is 2.03. The molecule has 0 aliphatic heterocycles. The van der Waals surface area contributed by atoms with Crippen LogP contribution in [-0.2, 0) is 29.6 Å². The van der Waals surface area contributed by atoms with Crippen molar-refractivity contribution in [1.82, 2.24) is 4.72 Å². The molecule has 2 N–H and O–H groups in total. The lowest BCUT2D eigenvalue weighted by atomic mass is 10.1. The van der Waals surface area contributed by atoms with Gasteiger partial charge in [0.25, 0.3) is 0 Å². The van der Waals surface area contributed by atoms with Crippen molar-refractivity contribution in [3.8, 4) is 0 Å². The van der Waals surface area contributed by atoms with E-state index in [2.05, 4.69) is 4.72 Å². The van der Waals surface area contributed by atoms with Gasteiger partial charge >= 0.3 is 0 Å². The molecule has 0 fully saturated rings. The number of sulfonamides is 1. The molecule has 0 unspecified atom stereocenters. The highest BCUT2D eigenvalue weighted by atomic mass is 32.2. The first-order valence-electron chi connectivity index (χ1n) is 6.32. The number of nitrogens with one attached hydrogen (secondary N) is 1. The fraction of sp³-hybridized carbons (Fsp3) is 0.286. The normalized spacial score (nSPS) is 11.7. The Morgan fingerprint density at radius 2 is 1.90 bits per heavy atom. The lowest BCUT2D eigenvalue weighted by molar-refractivity contribution is 0.282. The number of benzene rings is 1. The molecule has 0 atom stereocenters. The van der Waals surface area contributed by atoms with Gasteiger partial charge in [0, 0.05) is 11.4 Å². The summed E-state index contributed by atoms with van der Waals surface area (Å²) in [6, 6.07) is 9.27. The third-order valence-corrected chi connectivity index (χ3v) is 5.61. The van der Waals surface area contributed by atoms with Gasteiger partial charge in [-0.15, -0.1) is 11.3 Å². The maximum Gasteiger partial charge on any atom is 0.242 e. The molecular formula is C14H17NO3S2. The monoisotopic (exact) mass is 311 g/mol. The Balaban J connectivity index is 2.18. The number of aliphatic hydroxyl groups excluding tert-OH is 1.